The molecule has 1 saturated heterocycles. The van der Waals surface area contributed by atoms with Crippen molar-refractivity contribution in [2.75, 3.05) is 0 Å². The highest BCUT2D eigenvalue weighted by atomic mass is 16.5. The number of cyclic esters (lactones) is 1. The van der Waals surface area contributed by atoms with Gasteiger partial charge in [-0.05, 0) is 57.9 Å². The second-order valence-corrected chi connectivity index (χ2v) is 13.7. The average molecular weight is 627 g/mol. The number of esters is 1. The maximum absolute atomic E-state index is 11.7. The van der Waals surface area contributed by atoms with Crippen LogP contribution < -0.4 is 0 Å². The van der Waals surface area contributed by atoms with E-state index in [1.54, 1.807) is 13.0 Å². The first-order valence-corrected chi connectivity index (χ1v) is 18.2. The van der Waals surface area contributed by atoms with Gasteiger partial charge in [-0.25, -0.2) is 4.79 Å². The van der Waals surface area contributed by atoms with E-state index < -0.39 is 30.5 Å². The molecule has 2 aliphatic rings. The Labute approximate surface area is 267 Å². The zero-order chi connectivity index (χ0) is 32.2. The largest absolute Gasteiger partial charge is 0.455 e. The van der Waals surface area contributed by atoms with E-state index in [1.807, 2.05) is 0 Å². The number of aliphatic hydroxyl groups is 5. The van der Waals surface area contributed by atoms with Crippen LogP contribution in [-0.4, -0.2) is 80.3 Å². The van der Waals surface area contributed by atoms with E-state index in [0.29, 0.717) is 37.7 Å². The van der Waals surface area contributed by atoms with Gasteiger partial charge in [0.1, 0.15) is 6.10 Å². The summed E-state index contributed by atoms with van der Waals surface area (Å²) in [5.74, 6) is -0.365. The third-order valence-corrected chi connectivity index (χ3v) is 9.41. The minimum atomic E-state index is -0.734. The number of carbonyl (C=O) groups excluding carboxylic acids is 1. The highest BCUT2D eigenvalue weighted by molar-refractivity contribution is 5.90. The van der Waals surface area contributed by atoms with E-state index in [-0.39, 0.29) is 37.1 Å². The van der Waals surface area contributed by atoms with E-state index in [4.69, 9.17) is 9.47 Å². The number of aliphatic hydroxyl groups excluding tert-OH is 5. The van der Waals surface area contributed by atoms with Crippen LogP contribution in [0.1, 0.15) is 162 Å². The maximum atomic E-state index is 11.7. The number of rotatable bonds is 27. The molecule has 8 nitrogen and oxygen atoms in total. The quantitative estimate of drug-likeness (QED) is 0.0520. The summed E-state index contributed by atoms with van der Waals surface area (Å²) in [6, 6.07) is 0. The molecular formula is C36H66O8. The lowest BCUT2D eigenvalue weighted by atomic mass is 9.98. The van der Waals surface area contributed by atoms with Crippen LogP contribution in [0.2, 0.25) is 0 Å². The van der Waals surface area contributed by atoms with Crippen molar-refractivity contribution in [2.24, 2.45) is 0 Å². The zero-order valence-electron chi connectivity index (χ0n) is 27.9. The van der Waals surface area contributed by atoms with Crippen molar-refractivity contribution in [3.8, 4) is 0 Å². The second-order valence-electron chi connectivity index (χ2n) is 13.7. The first-order chi connectivity index (χ1) is 21.2. The van der Waals surface area contributed by atoms with Crippen LogP contribution in [0.25, 0.3) is 0 Å². The molecule has 258 valence electrons. The molecule has 2 rings (SSSR count). The summed E-state index contributed by atoms with van der Waals surface area (Å²) in [4.78, 5) is 11.7. The standard InChI is InChI=1S/C36H66O8/c1-3-4-5-6-7-8-9-10-11-12-16-19-32(40)34-22-23-35(44-34)33(41)26-30(38)18-15-13-14-17-29(37)20-21-31(39)25-28-24-27(2)43-36(28)42/h24,27,29-35,37-41H,3-23,25-26H2,1-2H3/t27-,29-,30-,31-,32-,33+,34+,35+/m0/s1. The van der Waals surface area contributed by atoms with Crippen LogP contribution in [0.4, 0.5) is 0 Å². The topological polar surface area (TPSA) is 137 Å². The molecule has 8 heteroatoms. The van der Waals surface area contributed by atoms with Crippen molar-refractivity contribution in [1.82, 2.24) is 0 Å². The van der Waals surface area contributed by atoms with Crippen molar-refractivity contribution in [1.29, 1.82) is 0 Å². The maximum Gasteiger partial charge on any atom is 0.334 e. The van der Waals surface area contributed by atoms with Crippen LogP contribution in [0.3, 0.4) is 0 Å². The predicted molar refractivity (Wildman–Crippen MR) is 174 cm³/mol. The van der Waals surface area contributed by atoms with Gasteiger partial charge in [0.15, 0.2) is 0 Å². The van der Waals surface area contributed by atoms with Crippen molar-refractivity contribution in [2.45, 2.75) is 210 Å². The smallest absolute Gasteiger partial charge is 0.334 e. The minimum Gasteiger partial charge on any atom is -0.455 e. The molecule has 0 bridgehead atoms. The van der Waals surface area contributed by atoms with Crippen LogP contribution in [0.15, 0.2) is 11.6 Å². The van der Waals surface area contributed by atoms with E-state index in [2.05, 4.69) is 6.92 Å². The highest BCUT2D eigenvalue weighted by Gasteiger charge is 2.35. The van der Waals surface area contributed by atoms with Gasteiger partial charge in [0.2, 0.25) is 0 Å². The summed E-state index contributed by atoms with van der Waals surface area (Å²) < 4.78 is 11.1. The average Bonchev–Trinajstić information content (AvgIpc) is 3.60. The summed E-state index contributed by atoms with van der Waals surface area (Å²) >= 11 is 0. The summed E-state index contributed by atoms with van der Waals surface area (Å²) in [5, 5.41) is 52.2. The van der Waals surface area contributed by atoms with Gasteiger partial charge in [0.05, 0.1) is 42.7 Å². The molecule has 0 saturated carbocycles. The molecule has 0 aromatic rings. The van der Waals surface area contributed by atoms with E-state index in [1.165, 1.54) is 57.8 Å². The molecule has 1 fully saturated rings. The molecule has 5 N–H and O–H groups in total. The van der Waals surface area contributed by atoms with Gasteiger partial charge in [0.25, 0.3) is 0 Å². The fourth-order valence-electron chi connectivity index (χ4n) is 6.61. The molecule has 0 amide bonds. The first kappa shape index (κ1) is 39.1. The van der Waals surface area contributed by atoms with Gasteiger partial charge in [-0.2, -0.15) is 0 Å². The molecule has 8 atom stereocenters. The molecule has 2 aliphatic heterocycles. The summed E-state index contributed by atoms with van der Waals surface area (Å²) in [6.07, 6.45) is 19.4. The van der Waals surface area contributed by atoms with Crippen molar-refractivity contribution in [3.63, 3.8) is 0 Å². The fourth-order valence-corrected chi connectivity index (χ4v) is 6.61. The number of unbranched alkanes of at least 4 members (excludes halogenated alkanes) is 12. The minimum absolute atomic E-state index is 0.220. The molecule has 0 unspecified atom stereocenters. The second kappa shape index (κ2) is 23.3. The molecule has 0 aliphatic carbocycles. The first-order valence-electron chi connectivity index (χ1n) is 18.2. The molecule has 0 radical (unpaired) electrons. The van der Waals surface area contributed by atoms with Crippen LogP contribution in [0, 0.1) is 0 Å². The summed E-state index contributed by atoms with van der Waals surface area (Å²) in [6.45, 7) is 4.04. The van der Waals surface area contributed by atoms with Crippen LogP contribution in [0.5, 0.6) is 0 Å². The summed E-state index contributed by atoms with van der Waals surface area (Å²) in [7, 11) is 0. The molecule has 0 spiro atoms. The predicted octanol–water partition coefficient (Wildman–Crippen LogP) is 6.42. The zero-order valence-corrected chi connectivity index (χ0v) is 27.9. The Hall–Kier alpha value is -1.03. The third kappa shape index (κ3) is 17.0. The number of hydrogen-bond donors (Lipinski definition) is 5. The van der Waals surface area contributed by atoms with Gasteiger partial charge in [0, 0.05) is 18.4 Å². The van der Waals surface area contributed by atoms with E-state index in [9.17, 15) is 30.3 Å². The normalized spacial score (nSPS) is 23.8. The van der Waals surface area contributed by atoms with Gasteiger partial charge >= 0.3 is 5.97 Å². The molecule has 2 heterocycles. The molecule has 0 aromatic carbocycles. The van der Waals surface area contributed by atoms with Crippen LogP contribution >= 0.6 is 0 Å². The third-order valence-electron chi connectivity index (χ3n) is 9.41. The number of hydrogen-bond acceptors (Lipinski definition) is 8. The fraction of sp³-hybridized carbons (Fsp3) is 0.917. The lowest BCUT2D eigenvalue weighted by Crippen LogP contribution is -2.33. The van der Waals surface area contributed by atoms with Crippen LogP contribution in [-0.2, 0) is 14.3 Å². The van der Waals surface area contributed by atoms with Gasteiger partial charge in [-0.15, -0.1) is 0 Å². The van der Waals surface area contributed by atoms with Gasteiger partial charge in [-0.3, -0.25) is 0 Å². The Morgan fingerprint density at radius 1 is 0.659 bits per heavy atom. The highest BCUT2D eigenvalue weighted by Crippen LogP contribution is 2.29. The van der Waals surface area contributed by atoms with Gasteiger partial charge in [-0.1, -0.05) is 96.8 Å². The van der Waals surface area contributed by atoms with Gasteiger partial charge < -0.3 is 35.0 Å². The summed E-state index contributed by atoms with van der Waals surface area (Å²) in [5.41, 5.74) is 0.509. The van der Waals surface area contributed by atoms with E-state index >= 15 is 0 Å². The Kier molecular flexibility index (Phi) is 20.7. The van der Waals surface area contributed by atoms with Crippen molar-refractivity contribution >= 4 is 5.97 Å². The Bertz CT molecular complexity index is 773. The van der Waals surface area contributed by atoms with Crippen molar-refractivity contribution < 1.29 is 39.8 Å². The number of carbonyl (C=O) groups is 1. The lowest BCUT2D eigenvalue weighted by Gasteiger charge is -2.23. The molecular weight excluding hydrogens is 560 g/mol. The number of ether oxygens (including phenoxy) is 2. The van der Waals surface area contributed by atoms with Crippen molar-refractivity contribution in [3.05, 3.63) is 11.6 Å². The SMILES string of the molecule is CCCCCCCCCCCCC[C@H](O)[C@H]1CC[C@H]([C@H](O)C[C@@H](O)CCCCC[C@H](O)CC[C@H](O)CC2=C[C@H](C)OC2=O)O1. The monoisotopic (exact) mass is 626 g/mol. The lowest BCUT2D eigenvalue weighted by molar-refractivity contribution is -0.139. The Balaban J connectivity index is 1.44. The Morgan fingerprint density at radius 2 is 1.16 bits per heavy atom. The molecule has 44 heavy (non-hydrogen) atoms. The Morgan fingerprint density at radius 3 is 1.75 bits per heavy atom. The molecule has 0 aromatic heterocycles. The van der Waals surface area contributed by atoms with E-state index in [0.717, 1.165) is 44.9 Å².